The highest BCUT2D eigenvalue weighted by Crippen LogP contribution is 2.28. The first kappa shape index (κ1) is 15.3. The van der Waals surface area contributed by atoms with Crippen LogP contribution < -0.4 is 15.2 Å². The first-order valence-corrected chi connectivity index (χ1v) is 6.84. The molecule has 0 amide bonds. The molecule has 5 nitrogen and oxygen atoms in total. The largest absolute Gasteiger partial charge is 0.493 e. The first-order valence-electron chi connectivity index (χ1n) is 6.84. The summed E-state index contributed by atoms with van der Waals surface area (Å²) in [6, 6.07) is 5.76. The van der Waals surface area contributed by atoms with E-state index in [-0.39, 0.29) is 6.04 Å². The highest BCUT2D eigenvalue weighted by Gasteiger charge is 2.09. The third-order valence-corrected chi connectivity index (χ3v) is 3.37. The molecule has 0 spiro atoms. The van der Waals surface area contributed by atoms with Gasteiger partial charge in [-0.1, -0.05) is 6.07 Å². The van der Waals surface area contributed by atoms with Crippen LogP contribution in [0.1, 0.15) is 35.6 Å². The predicted octanol–water partition coefficient (Wildman–Crippen LogP) is 2.41. The Morgan fingerprint density at radius 3 is 2.48 bits per heavy atom. The summed E-state index contributed by atoms with van der Waals surface area (Å²) >= 11 is 0. The average molecular weight is 287 g/mol. The summed E-state index contributed by atoms with van der Waals surface area (Å²) in [7, 11) is 3.25. The summed E-state index contributed by atoms with van der Waals surface area (Å²) < 4.78 is 10.5. The van der Waals surface area contributed by atoms with Crippen LogP contribution in [0.2, 0.25) is 0 Å². The monoisotopic (exact) mass is 287 g/mol. The summed E-state index contributed by atoms with van der Waals surface area (Å²) in [6.45, 7) is 3.89. The molecule has 0 unspecified atom stereocenters. The molecule has 0 bridgehead atoms. The van der Waals surface area contributed by atoms with Crippen molar-refractivity contribution in [1.29, 1.82) is 0 Å². The molecule has 0 aliphatic rings. The summed E-state index contributed by atoms with van der Waals surface area (Å²) in [5.41, 5.74) is 8.85. The van der Waals surface area contributed by atoms with Gasteiger partial charge in [-0.05, 0) is 31.5 Å². The van der Waals surface area contributed by atoms with E-state index in [4.69, 9.17) is 15.2 Å². The Labute approximate surface area is 125 Å². The number of hydrogen-bond donors (Lipinski definition) is 1. The Morgan fingerprint density at radius 1 is 1.19 bits per heavy atom. The molecule has 0 fully saturated rings. The number of methoxy groups -OCH3 is 2. The maximum atomic E-state index is 5.88. The van der Waals surface area contributed by atoms with Gasteiger partial charge in [0, 0.05) is 29.9 Å². The van der Waals surface area contributed by atoms with Gasteiger partial charge in [0.2, 0.25) is 0 Å². The van der Waals surface area contributed by atoms with Gasteiger partial charge in [-0.25, -0.2) is 9.97 Å². The molecule has 0 saturated carbocycles. The molecule has 0 aliphatic heterocycles. The topological polar surface area (TPSA) is 70.3 Å². The fraction of sp³-hybridized carbons (Fsp3) is 0.375. The second-order valence-electron chi connectivity index (χ2n) is 4.98. The van der Waals surface area contributed by atoms with E-state index in [0.29, 0.717) is 17.9 Å². The number of aromatic nitrogens is 2. The van der Waals surface area contributed by atoms with Crippen molar-refractivity contribution in [3.63, 3.8) is 0 Å². The zero-order valence-corrected chi connectivity index (χ0v) is 12.9. The van der Waals surface area contributed by atoms with Gasteiger partial charge < -0.3 is 15.2 Å². The lowest BCUT2D eigenvalue weighted by Crippen LogP contribution is -2.10. The van der Waals surface area contributed by atoms with Crippen molar-refractivity contribution < 1.29 is 9.47 Å². The fourth-order valence-electron chi connectivity index (χ4n) is 2.23. The number of benzene rings is 1. The zero-order valence-electron chi connectivity index (χ0n) is 12.9. The Bertz CT molecular complexity index is 627. The van der Waals surface area contributed by atoms with Gasteiger partial charge in [-0.3, -0.25) is 0 Å². The molecule has 0 saturated heterocycles. The minimum atomic E-state index is -0.0554. The average Bonchev–Trinajstić information content (AvgIpc) is 2.46. The molecule has 1 atom stereocenters. The molecule has 1 aromatic heterocycles. The summed E-state index contributed by atoms with van der Waals surface area (Å²) in [6.07, 6.45) is 2.45. The van der Waals surface area contributed by atoms with Crippen molar-refractivity contribution in [1.82, 2.24) is 9.97 Å². The van der Waals surface area contributed by atoms with Crippen LogP contribution in [0, 0.1) is 6.92 Å². The summed E-state index contributed by atoms with van der Waals surface area (Å²) in [5.74, 6) is 2.19. The van der Waals surface area contributed by atoms with E-state index in [2.05, 4.69) is 9.97 Å². The van der Waals surface area contributed by atoms with Crippen LogP contribution in [-0.4, -0.2) is 24.2 Å². The number of ether oxygens (including phenoxy) is 2. The van der Waals surface area contributed by atoms with Gasteiger partial charge in [-0.15, -0.1) is 0 Å². The van der Waals surface area contributed by atoms with Crippen LogP contribution in [0.15, 0.2) is 24.4 Å². The number of hydrogen-bond acceptors (Lipinski definition) is 5. The predicted molar refractivity (Wildman–Crippen MR) is 81.7 cm³/mol. The van der Waals surface area contributed by atoms with Gasteiger partial charge in [0.05, 0.1) is 14.2 Å². The highest BCUT2D eigenvalue weighted by molar-refractivity contribution is 5.43. The van der Waals surface area contributed by atoms with Gasteiger partial charge in [0.25, 0.3) is 0 Å². The Balaban J connectivity index is 2.24. The van der Waals surface area contributed by atoms with Crippen molar-refractivity contribution in [3.05, 3.63) is 47.0 Å². The van der Waals surface area contributed by atoms with Crippen molar-refractivity contribution in [2.24, 2.45) is 5.73 Å². The van der Waals surface area contributed by atoms with Crippen LogP contribution in [0.4, 0.5) is 0 Å². The number of aryl methyl sites for hydroxylation is 1. The van der Waals surface area contributed by atoms with Crippen molar-refractivity contribution in [2.45, 2.75) is 26.3 Å². The van der Waals surface area contributed by atoms with Gasteiger partial charge in [-0.2, -0.15) is 0 Å². The fourth-order valence-corrected chi connectivity index (χ4v) is 2.23. The number of nitrogens with zero attached hydrogens (tertiary/aromatic N) is 2. The lowest BCUT2D eigenvalue weighted by Gasteiger charge is -2.11. The van der Waals surface area contributed by atoms with E-state index in [1.54, 1.807) is 14.2 Å². The second kappa shape index (κ2) is 6.54. The Hall–Kier alpha value is -2.14. The summed E-state index contributed by atoms with van der Waals surface area (Å²) in [5, 5.41) is 0. The molecular formula is C16H21N3O2. The van der Waals surface area contributed by atoms with Crippen molar-refractivity contribution in [3.8, 4) is 11.5 Å². The van der Waals surface area contributed by atoms with Crippen molar-refractivity contribution in [2.75, 3.05) is 14.2 Å². The van der Waals surface area contributed by atoms with Crippen LogP contribution in [0.5, 0.6) is 11.5 Å². The molecule has 1 aromatic carbocycles. The molecule has 5 heteroatoms. The Kier molecular flexibility index (Phi) is 4.75. The van der Waals surface area contributed by atoms with Crippen LogP contribution in [0.3, 0.4) is 0 Å². The van der Waals surface area contributed by atoms with E-state index < -0.39 is 0 Å². The molecule has 0 aliphatic carbocycles. The van der Waals surface area contributed by atoms with Gasteiger partial charge >= 0.3 is 0 Å². The lowest BCUT2D eigenvalue weighted by molar-refractivity contribution is 0.354. The smallest absolute Gasteiger partial charge is 0.161 e. The minimum Gasteiger partial charge on any atom is -0.493 e. The summed E-state index contributed by atoms with van der Waals surface area (Å²) in [4.78, 5) is 8.92. The quantitative estimate of drug-likeness (QED) is 0.914. The molecule has 2 rings (SSSR count). The molecule has 21 heavy (non-hydrogen) atoms. The molecule has 2 aromatic rings. The number of nitrogens with two attached hydrogens (primary N) is 1. The lowest BCUT2D eigenvalue weighted by atomic mass is 10.1. The van der Waals surface area contributed by atoms with Crippen LogP contribution >= 0.6 is 0 Å². The van der Waals surface area contributed by atoms with E-state index in [1.165, 1.54) is 0 Å². The zero-order chi connectivity index (χ0) is 15.4. The van der Waals surface area contributed by atoms with Crippen LogP contribution in [0.25, 0.3) is 0 Å². The molecular weight excluding hydrogens is 266 g/mol. The minimum absolute atomic E-state index is 0.0554. The molecule has 112 valence electrons. The number of rotatable bonds is 5. The molecule has 1 heterocycles. The third-order valence-electron chi connectivity index (χ3n) is 3.37. The van der Waals surface area contributed by atoms with Crippen molar-refractivity contribution >= 4 is 0 Å². The van der Waals surface area contributed by atoms with E-state index in [0.717, 1.165) is 22.6 Å². The standard InChI is InChI=1S/C16H21N3O2/c1-10(17)13-9-18-16(19-11(13)2)8-12-5-6-14(20-3)15(7-12)21-4/h5-7,9-10H,8,17H2,1-4H3/t10-/m1/s1. The first-order chi connectivity index (χ1) is 10.0. The maximum Gasteiger partial charge on any atom is 0.161 e. The van der Waals surface area contributed by atoms with E-state index in [1.807, 2.05) is 38.2 Å². The Morgan fingerprint density at radius 2 is 1.90 bits per heavy atom. The third kappa shape index (κ3) is 3.49. The van der Waals surface area contributed by atoms with E-state index in [9.17, 15) is 0 Å². The van der Waals surface area contributed by atoms with Crippen LogP contribution in [-0.2, 0) is 6.42 Å². The SMILES string of the molecule is COc1ccc(Cc2ncc([C@@H](C)N)c(C)n2)cc1OC. The van der Waals surface area contributed by atoms with E-state index >= 15 is 0 Å². The molecule has 2 N–H and O–H groups in total. The highest BCUT2D eigenvalue weighted by atomic mass is 16.5. The van der Waals surface area contributed by atoms with Gasteiger partial charge in [0.15, 0.2) is 11.5 Å². The molecule has 0 radical (unpaired) electrons. The normalized spacial score (nSPS) is 12.0. The maximum absolute atomic E-state index is 5.88. The second-order valence-corrected chi connectivity index (χ2v) is 4.98. The van der Waals surface area contributed by atoms with Gasteiger partial charge in [0.1, 0.15) is 5.82 Å².